The van der Waals surface area contributed by atoms with Crippen LogP contribution in [0.4, 0.5) is 0 Å². The standard InChI is InChI=1S/C20H33N3O3.HI/c1-3-21-20(22-11-7-12-25-16-19-10-6-13-26-19)23-14-17-8-4-5-9-18(17)15-24-2;/h4-5,8-9,19H,3,6-7,10-16H2,1-2H3,(H2,21,22,23);1H. The molecule has 0 radical (unpaired) electrons. The Kier molecular flexibility index (Phi) is 13.5. The summed E-state index contributed by atoms with van der Waals surface area (Å²) in [7, 11) is 1.71. The van der Waals surface area contributed by atoms with Crippen LogP contribution in [0.15, 0.2) is 29.3 Å². The van der Waals surface area contributed by atoms with Gasteiger partial charge in [-0.1, -0.05) is 24.3 Å². The lowest BCUT2D eigenvalue weighted by Crippen LogP contribution is -2.38. The average molecular weight is 491 g/mol. The highest BCUT2D eigenvalue weighted by atomic mass is 127. The highest BCUT2D eigenvalue weighted by Gasteiger charge is 2.14. The van der Waals surface area contributed by atoms with Crippen molar-refractivity contribution < 1.29 is 14.2 Å². The van der Waals surface area contributed by atoms with Gasteiger partial charge in [-0.25, -0.2) is 4.99 Å². The van der Waals surface area contributed by atoms with E-state index < -0.39 is 0 Å². The molecule has 1 fully saturated rings. The summed E-state index contributed by atoms with van der Waals surface area (Å²) in [5.41, 5.74) is 2.36. The lowest BCUT2D eigenvalue weighted by molar-refractivity contribution is 0.0168. The summed E-state index contributed by atoms with van der Waals surface area (Å²) in [5, 5.41) is 6.65. The molecule has 0 saturated carbocycles. The van der Waals surface area contributed by atoms with E-state index in [0.717, 1.165) is 51.5 Å². The fourth-order valence-corrected chi connectivity index (χ4v) is 2.89. The highest BCUT2D eigenvalue weighted by Crippen LogP contribution is 2.12. The summed E-state index contributed by atoms with van der Waals surface area (Å²) >= 11 is 0. The van der Waals surface area contributed by atoms with E-state index in [-0.39, 0.29) is 24.0 Å². The zero-order chi connectivity index (χ0) is 18.5. The molecule has 1 aromatic carbocycles. The highest BCUT2D eigenvalue weighted by molar-refractivity contribution is 14.0. The monoisotopic (exact) mass is 491 g/mol. The van der Waals surface area contributed by atoms with Crippen molar-refractivity contribution >= 4 is 29.9 Å². The van der Waals surface area contributed by atoms with Gasteiger partial charge in [0.2, 0.25) is 0 Å². The van der Waals surface area contributed by atoms with Gasteiger partial charge in [-0.2, -0.15) is 0 Å². The Balaban J connectivity index is 0.00000364. The second kappa shape index (κ2) is 15.1. The number of nitrogens with zero attached hydrogens (tertiary/aromatic N) is 1. The molecule has 0 aliphatic carbocycles. The van der Waals surface area contributed by atoms with Gasteiger partial charge in [0.1, 0.15) is 0 Å². The quantitative estimate of drug-likeness (QED) is 0.216. The van der Waals surface area contributed by atoms with Crippen molar-refractivity contribution in [2.75, 3.05) is 40.0 Å². The maximum Gasteiger partial charge on any atom is 0.191 e. The molecule has 1 aliphatic heterocycles. The van der Waals surface area contributed by atoms with Crippen LogP contribution in [-0.4, -0.2) is 52.1 Å². The van der Waals surface area contributed by atoms with E-state index in [2.05, 4.69) is 34.7 Å². The van der Waals surface area contributed by atoms with Crippen molar-refractivity contribution in [1.29, 1.82) is 0 Å². The molecule has 1 aromatic rings. The normalized spacial score (nSPS) is 16.8. The summed E-state index contributed by atoms with van der Waals surface area (Å²) in [6.07, 6.45) is 3.53. The molecular formula is C20H34IN3O3. The summed E-state index contributed by atoms with van der Waals surface area (Å²) < 4.78 is 16.5. The van der Waals surface area contributed by atoms with Crippen LogP contribution in [-0.2, 0) is 27.4 Å². The number of hydrogen-bond acceptors (Lipinski definition) is 4. The van der Waals surface area contributed by atoms with Crippen LogP contribution < -0.4 is 10.6 Å². The van der Waals surface area contributed by atoms with Crippen LogP contribution in [0.5, 0.6) is 0 Å². The zero-order valence-corrected chi connectivity index (χ0v) is 18.9. The fourth-order valence-electron chi connectivity index (χ4n) is 2.89. The first-order valence-corrected chi connectivity index (χ1v) is 9.60. The molecule has 7 heteroatoms. The first-order valence-electron chi connectivity index (χ1n) is 9.60. The Morgan fingerprint density at radius 3 is 2.78 bits per heavy atom. The minimum atomic E-state index is 0. The second-order valence-corrected chi connectivity index (χ2v) is 6.39. The van der Waals surface area contributed by atoms with Crippen molar-refractivity contribution in [3.63, 3.8) is 0 Å². The zero-order valence-electron chi connectivity index (χ0n) is 16.5. The number of nitrogens with one attached hydrogen (secondary N) is 2. The van der Waals surface area contributed by atoms with E-state index >= 15 is 0 Å². The molecule has 1 atom stereocenters. The van der Waals surface area contributed by atoms with Gasteiger partial charge in [-0.3, -0.25) is 0 Å². The number of guanidine groups is 1. The second-order valence-electron chi connectivity index (χ2n) is 6.39. The number of ether oxygens (including phenoxy) is 3. The molecule has 0 spiro atoms. The number of hydrogen-bond donors (Lipinski definition) is 2. The van der Waals surface area contributed by atoms with Gasteiger partial charge in [0.15, 0.2) is 5.96 Å². The Hall–Kier alpha value is -0.900. The van der Waals surface area contributed by atoms with Gasteiger partial charge >= 0.3 is 0 Å². The summed E-state index contributed by atoms with van der Waals surface area (Å²) in [5.74, 6) is 0.832. The van der Waals surface area contributed by atoms with Crippen LogP contribution in [0.3, 0.4) is 0 Å². The van der Waals surface area contributed by atoms with Crippen LogP contribution in [0, 0.1) is 0 Å². The molecule has 0 bridgehead atoms. The van der Waals surface area contributed by atoms with Gasteiger partial charge in [0.05, 0.1) is 25.9 Å². The van der Waals surface area contributed by atoms with E-state index in [1.807, 2.05) is 12.1 Å². The van der Waals surface area contributed by atoms with Crippen molar-refractivity contribution in [3.8, 4) is 0 Å². The van der Waals surface area contributed by atoms with Gasteiger partial charge in [-0.05, 0) is 37.3 Å². The molecule has 1 aliphatic rings. The van der Waals surface area contributed by atoms with Gasteiger partial charge in [0, 0.05) is 33.4 Å². The number of aliphatic imine (C=N–C) groups is 1. The summed E-state index contributed by atoms with van der Waals surface area (Å²) in [6, 6.07) is 8.25. The molecule has 6 nitrogen and oxygen atoms in total. The van der Waals surface area contributed by atoms with Gasteiger partial charge in [-0.15, -0.1) is 24.0 Å². The van der Waals surface area contributed by atoms with Gasteiger partial charge < -0.3 is 24.8 Å². The van der Waals surface area contributed by atoms with Crippen molar-refractivity contribution in [3.05, 3.63) is 35.4 Å². The Morgan fingerprint density at radius 1 is 1.26 bits per heavy atom. The van der Waals surface area contributed by atoms with E-state index in [0.29, 0.717) is 25.9 Å². The average Bonchev–Trinajstić information content (AvgIpc) is 3.17. The summed E-state index contributed by atoms with van der Waals surface area (Å²) in [4.78, 5) is 4.69. The van der Waals surface area contributed by atoms with Crippen LogP contribution >= 0.6 is 24.0 Å². The topological polar surface area (TPSA) is 64.1 Å². The SMILES string of the molecule is CCNC(=NCc1ccccc1COC)NCCCOCC1CCCO1.I. The molecule has 154 valence electrons. The van der Waals surface area contributed by atoms with Crippen LogP contribution in [0.2, 0.25) is 0 Å². The molecule has 1 heterocycles. The predicted octanol–water partition coefficient (Wildman–Crippen LogP) is 3.09. The maximum atomic E-state index is 5.69. The molecule has 0 amide bonds. The number of methoxy groups -OCH3 is 1. The Morgan fingerprint density at radius 2 is 2.07 bits per heavy atom. The van der Waals surface area contributed by atoms with Crippen molar-refractivity contribution in [1.82, 2.24) is 10.6 Å². The minimum absolute atomic E-state index is 0. The molecule has 1 saturated heterocycles. The van der Waals surface area contributed by atoms with Gasteiger partial charge in [0.25, 0.3) is 0 Å². The Bertz CT molecular complexity index is 537. The first-order chi connectivity index (χ1) is 12.8. The van der Waals surface area contributed by atoms with E-state index in [1.54, 1.807) is 7.11 Å². The van der Waals surface area contributed by atoms with E-state index in [4.69, 9.17) is 14.2 Å². The largest absolute Gasteiger partial charge is 0.380 e. The third-order valence-corrected chi connectivity index (χ3v) is 4.26. The van der Waals surface area contributed by atoms with E-state index in [1.165, 1.54) is 11.1 Å². The molecular weight excluding hydrogens is 457 g/mol. The molecule has 27 heavy (non-hydrogen) atoms. The number of halogens is 1. The van der Waals surface area contributed by atoms with E-state index in [9.17, 15) is 0 Å². The lowest BCUT2D eigenvalue weighted by atomic mass is 10.1. The summed E-state index contributed by atoms with van der Waals surface area (Å²) in [6.45, 7) is 7.31. The van der Waals surface area contributed by atoms with Crippen LogP contribution in [0.1, 0.15) is 37.3 Å². The first kappa shape index (κ1) is 24.1. The van der Waals surface area contributed by atoms with Crippen LogP contribution in [0.25, 0.3) is 0 Å². The number of benzene rings is 1. The predicted molar refractivity (Wildman–Crippen MR) is 120 cm³/mol. The van der Waals surface area contributed by atoms with Crippen molar-refractivity contribution in [2.24, 2.45) is 4.99 Å². The third kappa shape index (κ3) is 9.73. The maximum absolute atomic E-state index is 5.69. The fraction of sp³-hybridized carbons (Fsp3) is 0.650. The number of rotatable bonds is 11. The minimum Gasteiger partial charge on any atom is -0.380 e. The molecule has 0 aromatic heterocycles. The molecule has 1 unspecified atom stereocenters. The van der Waals surface area contributed by atoms with Crippen molar-refractivity contribution in [2.45, 2.75) is 45.4 Å². The molecule has 2 rings (SSSR count). The smallest absolute Gasteiger partial charge is 0.191 e. The lowest BCUT2D eigenvalue weighted by Gasteiger charge is -2.13. The third-order valence-electron chi connectivity index (χ3n) is 4.26. The molecule has 2 N–H and O–H groups in total. The Labute approximate surface area is 180 Å².